The molecular formula is C19H18N2O3. The fourth-order valence-electron chi connectivity index (χ4n) is 2.57. The molecule has 0 aliphatic heterocycles. The van der Waals surface area contributed by atoms with Gasteiger partial charge in [-0.15, -0.1) is 0 Å². The summed E-state index contributed by atoms with van der Waals surface area (Å²) in [4.78, 5) is 15.8. The minimum atomic E-state index is -0.379. The number of pyridine rings is 1. The van der Waals surface area contributed by atoms with Crippen LogP contribution in [-0.2, 0) is 17.6 Å². The fraction of sp³-hybridized carbons (Fsp3) is 0.211. The van der Waals surface area contributed by atoms with Gasteiger partial charge in [-0.3, -0.25) is 4.98 Å². The van der Waals surface area contributed by atoms with Gasteiger partial charge < -0.3 is 9.26 Å². The van der Waals surface area contributed by atoms with Crippen molar-refractivity contribution in [2.24, 2.45) is 0 Å². The predicted molar refractivity (Wildman–Crippen MR) is 89.7 cm³/mol. The maximum absolute atomic E-state index is 11.4. The van der Waals surface area contributed by atoms with Crippen LogP contribution >= 0.6 is 0 Å². The SMILES string of the molecule is COC(=O)c1ccc(CCc2c(-c3ccccc3)noc2C)nc1. The maximum Gasteiger partial charge on any atom is 0.339 e. The summed E-state index contributed by atoms with van der Waals surface area (Å²) in [5, 5.41) is 4.19. The van der Waals surface area contributed by atoms with Crippen molar-refractivity contribution in [1.82, 2.24) is 10.1 Å². The normalized spacial score (nSPS) is 10.6. The Morgan fingerprint density at radius 2 is 1.92 bits per heavy atom. The minimum Gasteiger partial charge on any atom is -0.465 e. The van der Waals surface area contributed by atoms with Gasteiger partial charge in [0.1, 0.15) is 11.5 Å². The lowest BCUT2D eigenvalue weighted by atomic mass is 10.0. The van der Waals surface area contributed by atoms with E-state index in [1.54, 1.807) is 12.3 Å². The summed E-state index contributed by atoms with van der Waals surface area (Å²) in [5.41, 5.74) is 4.35. The highest BCUT2D eigenvalue weighted by Gasteiger charge is 2.15. The number of ether oxygens (including phenoxy) is 1. The van der Waals surface area contributed by atoms with Gasteiger partial charge in [-0.05, 0) is 31.9 Å². The maximum atomic E-state index is 11.4. The van der Waals surface area contributed by atoms with E-state index >= 15 is 0 Å². The molecule has 0 aliphatic rings. The van der Waals surface area contributed by atoms with E-state index in [0.29, 0.717) is 5.56 Å². The molecule has 2 aromatic heterocycles. The number of hydrogen-bond donors (Lipinski definition) is 0. The number of carbonyl (C=O) groups is 1. The van der Waals surface area contributed by atoms with Crippen LogP contribution in [0.15, 0.2) is 53.2 Å². The van der Waals surface area contributed by atoms with E-state index in [0.717, 1.165) is 41.1 Å². The lowest BCUT2D eigenvalue weighted by Crippen LogP contribution is -2.03. The van der Waals surface area contributed by atoms with Gasteiger partial charge in [0.05, 0.1) is 12.7 Å². The van der Waals surface area contributed by atoms with E-state index in [9.17, 15) is 4.79 Å². The average molecular weight is 322 g/mol. The van der Waals surface area contributed by atoms with E-state index in [4.69, 9.17) is 4.52 Å². The smallest absolute Gasteiger partial charge is 0.339 e. The number of carbonyl (C=O) groups excluding carboxylic acids is 1. The molecule has 24 heavy (non-hydrogen) atoms. The Balaban J connectivity index is 1.76. The van der Waals surface area contributed by atoms with Crippen molar-refractivity contribution in [3.63, 3.8) is 0 Å². The second-order valence-electron chi connectivity index (χ2n) is 5.46. The summed E-state index contributed by atoms with van der Waals surface area (Å²) >= 11 is 0. The Morgan fingerprint density at radius 3 is 2.58 bits per heavy atom. The number of esters is 1. The van der Waals surface area contributed by atoms with Gasteiger partial charge >= 0.3 is 5.97 Å². The van der Waals surface area contributed by atoms with Crippen molar-refractivity contribution in [2.75, 3.05) is 7.11 Å². The van der Waals surface area contributed by atoms with Crippen molar-refractivity contribution < 1.29 is 14.1 Å². The number of benzene rings is 1. The Morgan fingerprint density at radius 1 is 1.12 bits per heavy atom. The van der Waals surface area contributed by atoms with Gasteiger partial charge in [0, 0.05) is 23.0 Å². The number of rotatable bonds is 5. The Kier molecular flexibility index (Phi) is 4.70. The molecule has 0 saturated heterocycles. The van der Waals surface area contributed by atoms with Gasteiger partial charge in [0.25, 0.3) is 0 Å². The monoisotopic (exact) mass is 322 g/mol. The summed E-state index contributed by atoms with van der Waals surface area (Å²) in [5.74, 6) is 0.440. The quantitative estimate of drug-likeness (QED) is 0.671. The number of methoxy groups -OCH3 is 1. The Labute approximate surface area is 140 Å². The van der Waals surface area contributed by atoms with Crippen LogP contribution in [0, 0.1) is 6.92 Å². The summed E-state index contributed by atoms with van der Waals surface area (Å²) in [6.07, 6.45) is 3.05. The topological polar surface area (TPSA) is 65.2 Å². The van der Waals surface area contributed by atoms with Gasteiger partial charge in [-0.1, -0.05) is 35.5 Å². The van der Waals surface area contributed by atoms with Crippen LogP contribution in [0.3, 0.4) is 0 Å². The van der Waals surface area contributed by atoms with E-state index in [1.165, 1.54) is 7.11 Å². The first-order chi connectivity index (χ1) is 11.7. The number of aryl methyl sites for hydroxylation is 2. The molecule has 0 fully saturated rings. The molecular weight excluding hydrogens is 304 g/mol. The molecule has 0 bridgehead atoms. The third-order valence-electron chi connectivity index (χ3n) is 3.91. The average Bonchev–Trinajstić information content (AvgIpc) is 3.01. The second kappa shape index (κ2) is 7.08. The molecule has 0 N–H and O–H groups in total. The van der Waals surface area contributed by atoms with Crippen LogP contribution in [0.5, 0.6) is 0 Å². The van der Waals surface area contributed by atoms with Crippen molar-refractivity contribution >= 4 is 5.97 Å². The number of aromatic nitrogens is 2. The van der Waals surface area contributed by atoms with Crippen LogP contribution in [0.4, 0.5) is 0 Å². The van der Waals surface area contributed by atoms with Gasteiger partial charge in [-0.2, -0.15) is 0 Å². The molecule has 0 spiro atoms. The fourth-order valence-corrected chi connectivity index (χ4v) is 2.57. The molecule has 0 unspecified atom stereocenters. The molecule has 0 amide bonds. The van der Waals surface area contributed by atoms with Crippen LogP contribution in [0.1, 0.15) is 27.4 Å². The zero-order valence-corrected chi connectivity index (χ0v) is 13.7. The van der Waals surface area contributed by atoms with Gasteiger partial charge in [0.2, 0.25) is 0 Å². The van der Waals surface area contributed by atoms with Crippen LogP contribution < -0.4 is 0 Å². The van der Waals surface area contributed by atoms with E-state index in [2.05, 4.69) is 14.9 Å². The van der Waals surface area contributed by atoms with Crippen molar-refractivity contribution in [3.8, 4) is 11.3 Å². The molecule has 122 valence electrons. The third kappa shape index (κ3) is 3.35. The first kappa shape index (κ1) is 15.9. The predicted octanol–water partition coefficient (Wildman–Crippen LogP) is 3.62. The molecule has 0 aliphatic carbocycles. The largest absolute Gasteiger partial charge is 0.465 e. The standard InChI is InChI=1S/C19H18N2O3/c1-13-17(18(21-24-13)14-6-4-3-5-7-14)11-10-16-9-8-15(12-20-16)19(22)23-2/h3-9,12H,10-11H2,1-2H3. The lowest BCUT2D eigenvalue weighted by Gasteiger charge is -2.04. The van der Waals surface area contributed by atoms with Gasteiger partial charge in [-0.25, -0.2) is 4.79 Å². The lowest BCUT2D eigenvalue weighted by molar-refractivity contribution is 0.0600. The molecule has 5 heteroatoms. The molecule has 3 rings (SSSR count). The molecule has 0 radical (unpaired) electrons. The van der Waals surface area contributed by atoms with E-state index in [1.807, 2.05) is 43.3 Å². The minimum absolute atomic E-state index is 0.379. The van der Waals surface area contributed by atoms with Crippen molar-refractivity contribution in [2.45, 2.75) is 19.8 Å². The van der Waals surface area contributed by atoms with Crippen LogP contribution in [-0.4, -0.2) is 23.2 Å². The number of nitrogens with zero attached hydrogens (tertiary/aromatic N) is 2. The Bertz CT molecular complexity index is 824. The molecule has 1 aromatic carbocycles. The van der Waals surface area contributed by atoms with Crippen LogP contribution in [0.25, 0.3) is 11.3 Å². The first-order valence-corrected chi connectivity index (χ1v) is 7.73. The molecule has 3 aromatic rings. The summed E-state index contributed by atoms with van der Waals surface area (Å²) in [7, 11) is 1.36. The van der Waals surface area contributed by atoms with E-state index < -0.39 is 0 Å². The second-order valence-corrected chi connectivity index (χ2v) is 5.46. The Hall–Kier alpha value is -2.95. The van der Waals surface area contributed by atoms with Crippen molar-refractivity contribution in [3.05, 3.63) is 71.2 Å². The summed E-state index contributed by atoms with van der Waals surface area (Å²) < 4.78 is 10.0. The molecule has 0 saturated carbocycles. The highest BCUT2D eigenvalue weighted by molar-refractivity contribution is 5.88. The molecule has 0 atom stereocenters. The third-order valence-corrected chi connectivity index (χ3v) is 3.91. The zero-order chi connectivity index (χ0) is 16.9. The van der Waals surface area contributed by atoms with Gasteiger partial charge in [0.15, 0.2) is 0 Å². The summed E-state index contributed by atoms with van der Waals surface area (Å²) in [6.45, 7) is 1.92. The highest BCUT2D eigenvalue weighted by Crippen LogP contribution is 2.26. The molecule has 2 heterocycles. The highest BCUT2D eigenvalue weighted by atomic mass is 16.5. The molecule has 5 nitrogen and oxygen atoms in total. The zero-order valence-electron chi connectivity index (χ0n) is 13.7. The van der Waals surface area contributed by atoms with E-state index in [-0.39, 0.29) is 5.97 Å². The summed E-state index contributed by atoms with van der Waals surface area (Å²) in [6, 6.07) is 13.5. The van der Waals surface area contributed by atoms with Crippen molar-refractivity contribution in [1.29, 1.82) is 0 Å². The first-order valence-electron chi connectivity index (χ1n) is 7.73. The van der Waals surface area contributed by atoms with Crippen LogP contribution in [0.2, 0.25) is 0 Å². The number of hydrogen-bond acceptors (Lipinski definition) is 5.